The lowest BCUT2D eigenvalue weighted by Crippen LogP contribution is -2.01. The monoisotopic (exact) mass is 492 g/mol. The van der Waals surface area contributed by atoms with Crippen molar-refractivity contribution in [1.82, 2.24) is 0 Å². The molecule has 0 aliphatic heterocycles. The fourth-order valence-electron chi connectivity index (χ4n) is 4.20. The number of allylic oxidation sites excluding steroid dienone is 6. The molecule has 37 heavy (non-hydrogen) atoms. The molecule has 0 fully saturated rings. The van der Waals surface area contributed by atoms with Gasteiger partial charge in [0.05, 0.1) is 0 Å². The van der Waals surface area contributed by atoms with Crippen molar-refractivity contribution in [3.8, 4) is 0 Å². The molecule has 0 spiro atoms. The highest BCUT2D eigenvalue weighted by molar-refractivity contribution is 5.97. The molecule has 1 aliphatic rings. The maximum Gasteiger partial charge on any atom is 0.114 e. The van der Waals surface area contributed by atoms with Crippen molar-refractivity contribution in [3.05, 3.63) is 143 Å². The van der Waals surface area contributed by atoms with E-state index in [-0.39, 0.29) is 0 Å². The van der Waals surface area contributed by atoms with E-state index in [1.807, 2.05) is 31.2 Å². The largest absolute Gasteiger partial charge is 0.508 e. The molecule has 194 valence electrons. The summed E-state index contributed by atoms with van der Waals surface area (Å²) in [5.41, 5.74) is 8.76. The second-order valence-electron chi connectivity index (χ2n) is 10.2. The van der Waals surface area contributed by atoms with Crippen molar-refractivity contribution >= 4 is 11.1 Å². The van der Waals surface area contributed by atoms with E-state index in [0.29, 0.717) is 17.6 Å². The number of benzene rings is 3. The first kappa shape index (κ1) is 29.6. The molecule has 1 unspecified atom stereocenters. The van der Waals surface area contributed by atoms with Crippen molar-refractivity contribution in [2.75, 3.05) is 0 Å². The Bertz CT molecular complexity index is 1180. The lowest BCUT2D eigenvalue weighted by Gasteiger charge is -2.17. The molecule has 1 aliphatic carbocycles. The molecule has 1 atom stereocenters. The Balaban J connectivity index is 0.000000244. The summed E-state index contributed by atoms with van der Waals surface area (Å²) in [6.07, 6.45) is 5.87. The molecule has 3 aromatic rings. The Morgan fingerprint density at radius 1 is 0.838 bits per heavy atom. The first-order chi connectivity index (χ1) is 17.7. The normalized spacial score (nSPS) is 15.2. The topological polar surface area (TPSA) is 20.2 Å². The Labute approximate surface area is 225 Å². The second-order valence-corrected chi connectivity index (χ2v) is 10.2. The minimum Gasteiger partial charge on any atom is -0.508 e. The van der Waals surface area contributed by atoms with Crippen molar-refractivity contribution < 1.29 is 5.11 Å². The lowest BCUT2D eigenvalue weighted by molar-refractivity contribution is 0.409. The molecule has 0 heterocycles. The van der Waals surface area contributed by atoms with Gasteiger partial charge in [-0.2, -0.15) is 0 Å². The van der Waals surface area contributed by atoms with E-state index in [4.69, 9.17) is 5.11 Å². The van der Waals surface area contributed by atoms with Gasteiger partial charge >= 0.3 is 0 Å². The van der Waals surface area contributed by atoms with Crippen LogP contribution in [0.15, 0.2) is 127 Å². The number of hydrogen-bond acceptors (Lipinski definition) is 1. The van der Waals surface area contributed by atoms with Crippen LogP contribution >= 0.6 is 0 Å². The SMILES string of the molecule is C=C(CC(C)C)/C(=C(\C)c1ccccc1)c1ccccc1.CC1=C(O)C=CCC1C.Cc1ccccc1. The zero-order chi connectivity index (χ0) is 27.2. The Morgan fingerprint density at radius 2 is 1.32 bits per heavy atom. The van der Waals surface area contributed by atoms with Gasteiger partial charge in [-0.1, -0.05) is 130 Å². The summed E-state index contributed by atoms with van der Waals surface area (Å²) >= 11 is 0. The van der Waals surface area contributed by atoms with Crippen LogP contribution in [-0.2, 0) is 0 Å². The van der Waals surface area contributed by atoms with Crippen LogP contribution in [0.2, 0.25) is 0 Å². The van der Waals surface area contributed by atoms with E-state index in [2.05, 4.69) is 114 Å². The standard InChI is InChI=1S/C21H24.C8H12O.C7H8/c1-16(2)15-17(3)21(20-13-9-6-10-14-20)18(4)19-11-7-5-8-12-19;1-6-4-3-5-8(9)7(6)2;1-7-5-3-2-4-6-7/h5-14,16H,3,15H2,1-2,4H3;3,5-6,9H,4H2,1-2H3;2-6H,1H3/b21-18-;;. The second kappa shape index (κ2) is 15.5. The highest BCUT2D eigenvalue weighted by atomic mass is 16.3. The maximum absolute atomic E-state index is 9.14. The highest BCUT2D eigenvalue weighted by Gasteiger charge is 2.12. The Kier molecular flexibility index (Phi) is 12.4. The van der Waals surface area contributed by atoms with Gasteiger partial charge in [-0.05, 0) is 84.9 Å². The van der Waals surface area contributed by atoms with Gasteiger partial charge in [-0.3, -0.25) is 0 Å². The summed E-state index contributed by atoms with van der Waals surface area (Å²) in [5, 5.41) is 9.14. The molecule has 0 radical (unpaired) electrons. The van der Waals surface area contributed by atoms with Crippen LogP contribution in [0.1, 0.15) is 64.2 Å². The summed E-state index contributed by atoms with van der Waals surface area (Å²) < 4.78 is 0. The molecule has 3 aromatic carbocycles. The molecule has 0 amide bonds. The fourth-order valence-corrected chi connectivity index (χ4v) is 4.20. The third kappa shape index (κ3) is 10.1. The molecule has 4 rings (SSSR count). The van der Waals surface area contributed by atoms with Gasteiger partial charge in [0.15, 0.2) is 0 Å². The summed E-state index contributed by atoms with van der Waals surface area (Å²) in [6, 6.07) is 31.4. The van der Waals surface area contributed by atoms with Gasteiger partial charge in [0.2, 0.25) is 0 Å². The van der Waals surface area contributed by atoms with Crippen molar-refractivity contribution in [2.24, 2.45) is 11.8 Å². The summed E-state index contributed by atoms with van der Waals surface area (Å²) in [5.74, 6) is 1.59. The third-order valence-corrected chi connectivity index (χ3v) is 6.50. The quantitative estimate of drug-likeness (QED) is 0.277. The summed E-state index contributed by atoms with van der Waals surface area (Å²) in [7, 11) is 0. The first-order valence-electron chi connectivity index (χ1n) is 13.3. The molecule has 1 nitrogen and oxygen atoms in total. The average molecular weight is 493 g/mol. The van der Waals surface area contributed by atoms with Crippen LogP contribution in [0.3, 0.4) is 0 Å². The Hall–Kier alpha value is -3.58. The number of aliphatic hydroxyl groups is 1. The number of rotatable bonds is 5. The zero-order valence-corrected chi connectivity index (χ0v) is 23.5. The van der Waals surface area contributed by atoms with E-state index in [1.54, 1.807) is 6.08 Å². The highest BCUT2D eigenvalue weighted by Crippen LogP contribution is 2.34. The van der Waals surface area contributed by atoms with Crippen LogP contribution in [0.25, 0.3) is 11.1 Å². The van der Waals surface area contributed by atoms with Gasteiger partial charge in [0.25, 0.3) is 0 Å². The van der Waals surface area contributed by atoms with Gasteiger partial charge < -0.3 is 5.11 Å². The molecule has 1 N–H and O–H groups in total. The lowest BCUT2D eigenvalue weighted by atomic mass is 9.87. The molecular weight excluding hydrogens is 448 g/mol. The first-order valence-corrected chi connectivity index (χ1v) is 13.3. The predicted molar refractivity (Wildman–Crippen MR) is 163 cm³/mol. The average Bonchev–Trinajstić information content (AvgIpc) is 2.89. The van der Waals surface area contributed by atoms with E-state index in [9.17, 15) is 0 Å². The minimum absolute atomic E-state index is 0.453. The number of hydrogen-bond donors (Lipinski definition) is 1. The van der Waals surface area contributed by atoms with Crippen LogP contribution in [0.5, 0.6) is 0 Å². The van der Waals surface area contributed by atoms with E-state index in [0.717, 1.165) is 18.4 Å². The van der Waals surface area contributed by atoms with Crippen LogP contribution in [0, 0.1) is 18.8 Å². The summed E-state index contributed by atoms with van der Waals surface area (Å²) in [6.45, 7) is 17.2. The molecule has 0 saturated heterocycles. The van der Waals surface area contributed by atoms with Crippen molar-refractivity contribution in [2.45, 2.75) is 54.4 Å². The van der Waals surface area contributed by atoms with Gasteiger partial charge in [-0.25, -0.2) is 0 Å². The van der Waals surface area contributed by atoms with Crippen molar-refractivity contribution in [3.63, 3.8) is 0 Å². The number of aryl methyl sites for hydroxylation is 1. The fraction of sp³-hybridized carbons (Fsp3) is 0.278. The molecule has 1 heteroatoms. The van der Waals surface area contributed by atoms with Gasteiger partial charge in [0.1, 0.15) is 5.76 Å². The third-order valence-electron chi connectivity index (χ3n) is 6.50. The maximum atomic E-state index is 9.14. The zero-order valence-electron chi connectivity index (χ0n) is 23.5. The van der Waals surface area contributed by atoms with Crippen LogP contribution in [0.4, 0.5) is 0 Å². The van der Waals surface area contributed by atoms with E-state index < -0.39 is 0 Å². The molecule has 0 bridgehead atoms. The molecular formula is C36H44O. The summed E-state index contributed by atoms with van der Waals surface area (Å²) in [4.78, 5) is 0. The smallest absolute Gasteiger partial charge is 0.114 e. The predicted octanol–water partition coefficient (Wildman–Crippen LogP) is 10.6. The van der Waals surface area contributed by atoms with Gasteiger partial charge in [0, 0.05) is 0 Å². The van der Waals surface area contributed by atoms with E-state index >= 15 is 0 Å². The molecule has 0 saturated carbocycles. The van der Waals surface area contributed by atoms with Crippen LogP contribution in [-0.4, -0.2) is 5.11 Å². The Morgan fingerprint density at radius 3 is 1.73 bits per heavy atom. The van der Waals surface area contributed by atoms with E-state index in [1.165, 1.54) is 33.4 Å². The van der Waals surface area contributed by atoms with Crippen LogP contribution < -0.4 is 0 Å². The van der Waals surface area contributed by atoms with Crippen molar-refractivity contribution in [1.29, 1.82) is 0 Å². The molecule has 0 aromatic heterocycles. The number of aliphatic hydroxyl groups excluding tert-OH is 1. The van der Waals surface area contributed by atoms with Gasteiger partial charge in [-0.15, -0.1) is 0 Å². The minimum atomic E-state index is 0.453.